The fourth-order valence-electron chi connectivity index (χ4n) is 2.58. The maximum absolute atomic E-state index is 13.0. The van der Waals surface area contributed by atoms with E-state index < -0.39 is 17.9 Å². The molecule has 0 radical (unpaired) electrons. The Kier molecular flexibility index (Phi) is 7.24. The standard InChI is InChI=1S/C23H20FNO5/c1-2-28-23(27)22(29-15-16-6-4-3-5-7-16)21(26)20-13-12-19(14-25-20)30-18-10-8-17(24)9-11-18/h3-14,22H,2,15H2,1H3. The van der Waals surface area contributed by atoms with Gasteiger partial charge < -0.3 is 14.2 Å². The summed E-state index contributed by atoms with van der Waals surface area (Å²) in [5.74, 6) is -0.976. The van der Waals surface area contributed by atoms with Crippen molar-refractivity contribution in [3.05, 3.63) is 90.0 Å². The number of benzene rings is 2. The zero-order valence-corrected chi connectivity index (χ0v) is 16.3. The van der Waals surface area contributed by atoms with Gasteiger partial charge in [-0.15, -0.1) is 0 Å². The van der Waals surface area contributed by atoms with Crippen LogP contribution in [-0.2, 0) is 20.9 Å². The van der Waals surface area contributed by atoms with E-state index in [2.05, 4.69) is 4.98 Å². The zero-order chi connectivity index (χ0) is 21.3. The Labute approximate surface area is 173 Å². The van der Waals surface area contributed by atoms with Crippen molar-refractivity contribution in [2.45, 2.75) is 19.6 Å². The van der Waals surface area contributed by atoms with E-state index in [0.29, 0.717) is 11.5 Å². The normalized spacial score (nSPS) is 11.5. The van der Waals surface area contributed by atoms with E-state index in [-0.39, 0.29) is 24.7 Å². The molecule has 0 saturated heterocycles. The molecule has 6 nitrogen and oxygen atoms in total. The topological polar surface area (TPSA) is 74.7 Å². The number of halogens is 1. The number of carbonyl (C=O) groups is 2. The molecule has 0 spiro atoms. The maximum atomic E-state index is 13.0. The van der Waals surface area contributed by atoms with Crippen LogP contribution in [-0.4, -0.2) is 29.4 Å². The minimum Gasteiger partial charge on any atom is -0.464 e. The molecule has 2 aromatic carbocycles. The van der Waals surface area contributed by atoms with Gasteiger partial charge in [-0.1, -0.05) is 30.3 Å². The highest BCUT2D eigenvalue weighted by molar-refractivity contribution is 6.10. The highest BCUT2D eigenvalue weighted by Gasteiger charge is 2.31. The first-order valence-corrected chi connectivity index (χ1v) is 9.32. The number of ether oxygens (including phenoxy) is 3. The molecule has 1 atom stereocenters. The minimum absolute atomic E-state index is 0.0348. The first kappa shape index (κ1) is 21.1. The third-order valence-electron chi connectivity index (χ3n) is 4.04. The van der Waals surface area contributed by atoms with Gasteiger partial charge in [0.25, 0.3) is 0 Å². The first-order chi connectivity index (χ1) is 14.6. The van der Waals surface area contributed by atoms with Gasteiger partial charge in [0.2, 0.25) is 11.9 Å². The molecule has 3 aromatic rings. The molecule has 0 aliphatic heterocycles. The number of rotatable bonds is 9. The Hall–Kier alpha value is -3.58. The average molecular weight is 409 g/mol. The van der Waals surface area contributed by atoms with Crippen molar-refractivity contribution in [1.82, 2.24) is 4.98 Å². The van der Waals surface area contributed by atoms with E-state index in [0.717, 1.165) is 5.56 Å². The molecule has 0 bridgehead atoms. The Balaban J connectivity index is 1.71. The third-order valence-corrected chi connectivity index (χ3v) is 4.04. The number of hydrogen-bond acceptors (Lipinski definition) is 6. The lowest BCUT2D eigenvalue weighted by Crippen LogP contribution is -2.35. The fourth-order valence-corrected chi connectivity index (χ4v) is 2.58. The number of nitrogens with zero attached hydrogens (tertiary/aromatic N) is 1. The molecule has 0 aliphatic carbocycles. The van der Waals surface area contributed by atoms with Crippen LogP contribution in [0, 0.1) is 5.82 Å². The summed E-state index contributed by atoms with van der Waals surface area (Å²) < 4.78 is 29.1. The van der Waals surface area contributed by atoms with E-state index in [1.807, 2.05) is 30.3 Å². The van der Waals surface area contributed by atoms with Crippen LogP contribution in [0.1, 0.15) is 23.0 Å². The molecule has 7 heteroatoms. The molecule has 0 amide bonds. The lowest BCUT2D eigenvalue weighted by atomic mass is 10.1. The number of hydrogen-bond donors (Lipinski definition) is 0. The second kappa shape index (κ2) is 10.3. The average Bonchev–Trinajstić information content (AvgIpc) is 2.77. The van der Waals surface area contributed by atoms with Gasteiger partial charge in [-0.2, -0.15) is 0 Å². The Morgan fingerprint density at radius 3 is 2.30 bits per heavy atom. The van der Waals surface area contributed by atoms with Gasteiger partial charge >= 0.3 is 5.97 Å². The molecule has 0 saturated carbocycles. The van der Waals surface area contributed by atoms with Gasteiger partial charge in [-0.3, -0.25) is 4.79 Å². The van der Waals surface area contributed by atoms with Crippen molar-refractivity contribution in [1.29, 1.82) is 0 Å². The largest absolute Gasteiger partial charge is 0.464 e. The van der Waals surface area contributed by atoms with Gasteiger partial charge in [-0.25, -0.2) is 14.2 Å². The van der Waals surface area contributed by atoms with Gasteiger partial charge in [0.05, 0.1) is 19.4 Å². The Morgan fingerprint density at radius 2 is 1.67 bits per heavy atom. The van der Waals surface area contributed by atoms with Gasteiger partial charge in [0.1, 0.15) is 23.0 Å². The summed E-state index contributed by atoms with van der Waals surface area (Å²) in [7, 11) is 0. The number of pyridine rings is 1. The summed E-state index contributed by atoms with van der Waals surface area (Å²) in [6.07, 6.45) is -0.0859. The molecule has 0 aliphatic rings. The molecule has 1 heterocycles. The van der Waals surface area contributed by atoms with Crippen molar-refractivity contribution in [3.8, 4) is 11.5 Å². The van der Waals surface area contributed by atoms with E-state index >= 15 is 0 Å². The summed E-state index contributed by atoms with van der Waals surface area (Å²) in [4.78, 5) is 29.2. The molecule has 0 N–H and O–H groups in total. The molecule has 1 unspecified atom stereocenters. The Morgan fingerprint density at radius 1 is 0.967 bits per heavy atom. The summed E-state index contributed by atoms with van der Waals surface area (Å²) in [6.45, 7) is 1.84. The van der Waals surface area contributed by atoms with Crippen molar-refractivity contribution in [2.75, 3.05) is 6.61 Å². The van der Waals surface area contributed by atoms with Crippen molar-refractivity contribution < 1.29 is 28.2 Å². The summed E-state index contributed by atoms with van der Waals surface area (Å²) in [6, 6.07) is 17.6. The first-order valence-electron chi connectivity index (χ1n) is 9.32. The maximum Gasteiger partial charge on any atom is 0.343 e. The molecular formula is C23H20FNO5. The van der Waals surface area contributed by atoms with Crippen LogP contribution in [0.25, 0.3) is 0 Å². The SMILES string of the molecule is CCOC(=O)C(OCc1ccccc1)C(=O)c1ccc(Oc2ccc(F)cc2)cn1. The predicted octanol–water partition coefficient (Wildman–Crippen LogP) is 4.34. The smallest absolute Gasteiger partial charge is 0.343 e. The molecule has 30 heavy (non-hydrogen) atoms. The van der Waals surface area contributed by atoms with Crippen LogP contribution in [0.15, 0.2) is 72.9 Å². The second-order valence-corrected chi connectivity index (χ2v) is 6.23. The number of aromatic nitrogens is 1. The number of esters is 1. The van der Waals surface area contributed by atoms with Crippen LogP contribution in [0.5, 0.6) is 11.5 Å². The van der Waals surface area contributed by atoms with Gasteiger partial charge in [-0.05, 0) is 48.9 Å². The highest BCUT2D eigenvalue weighted by atomic mass is 19.1. The van der Waals surface area contributed by atoms with Crippen LogP contribution < -0.4 is 4.74 Å². The fraction of sp³-hybridized carbons (Fsp3) is 0.174. The van der Waals surface area contributed by atoms with E-state index in [4.69, 9.17) is 14.2 Å². The van der Waals surface area contributed by atoms with Crippen LogP contribution >= 0.6 is 0 Å². The molecule has 0 fully saturated rings. The predicted molar refractivity (Wildman–Crippen MR) is 107 cm³/mol. The van der Waals surface area contributed by atoms with Crippen molar-refractivity contribution in [2.24, 2.45) is 0 Å². The lowest BCUT2D eigenvalue weighted by Gasteiger charge is -2.15. The quantitative estimate of drug-likeness (QED) is 0.297. The van der Waals surface area contributed by atoms with Crippen molar-refractivity contribution in [3.63, 3.8) is 0 Å². The van der Waals surface area contributed by atoms with Crippen molar-refractivity contribution >= 4 is 11.8 Å². The number of Topliss-reactive ketones (excluding diaryl/α,β-unsaturated/α-hetero) is 1. The zero-order valence-electron chi connectivity index (χ0n) is 16.3. The Bertz CT molecular complexity index is 975. The van der Waals surface area contributed by atoms with E-state index in [1.54, 1.807) is 6.92 Å². The molecular weight excluding hydrogens is 389 g/mol. The molecule has 3 rings (SSSR count). The lowest BCUT2D eigenvalue weighted by molar-refractivity contribution is -0.154. The molecule has 154 valence electrons. The summed E-state index contributed by atoms with van der Waals surface area (Å²) >= 11 is 0. The summed E-state index contributed by atoms with van der Waals surface area (Å²) in [5, 5.41) is 0. The minimum atomic E-state index is -1.43. The molecule has 1 aromatic heterocycles. The van der Waals surface area contributed by atoms with Crippen LogP contribution in [0.2, 0.25) is 0 Å². The van der Waals surface area contributed by atoms with Crippen LogP contribution in [0.3, 0.4) is 0 Å². The van der Waals surface area contributed by atoms with E-state index in [1.165, 1.54) is 42.6 Å². The third kappa shape index (κ3) is 5.71. The van der Waals surface area contributed by atoms with Gasteiger partial charge in [0.15, 0.2) is 0 Å². The highest BCUT2D eigenvalue weighted by Crippen LogP contribution is 2.21. The monoisotopic (exact) mass is 409 g/mol. The van der Waals surface area contributed by atoms with Gasteiger partial charge in [0, 0.05) is 0 Å². The summed E-state index contributed by atoms with van der Waals surface area (Å²) in [5.41, 5.74) is 0.850. The second-order valence-electron chi connectivity index (χ2n) is 6.23. The van der Waals surface area contributed by atoms with E-state index in [9.17, 15) is 14.0 Å². The number of ketones is 1. The number of carbonyl (C=O) groups excluding carboxylic acids is 2. The van der Waals surface area contributed by atoms with Crippen LogP contribution in [0.4, 0.5) is 4.39 Å².